The number of hydrogen-bond acceptors (Lipinski definition) is 3. The van der Waals surface area contributed by atoms with E-state index in [2.05, 4.69) is 29.3 Å². The topological polar surface area (TPSA) is 52.6 Å². The van der Waals surface area contributed by atoms with E-state index in [1.807, 2.05) is 18.2 Å². The lowest BCUT2D eigenvalue weighted by Crippen LogP contribution is -2.37. The summed E-state index contributed by atoms with van der Waals surface area (Å²) in [6, 6.07) is 10.2. The number of aliphatic hydroxyl groups excluding tert-OH is 1. The second-order valence-electron chi connectivity index (χ2n) is 6.02. The Labute approximate surface area is 127 Å². The molecule has 4 nitrogen and oxygen atoms in total. The van der Waals surface area contributed by atoms with Crippen LogP contribution in [0.25, 0.3) is 0 Å². The van der Waals surface area contributed by atoms with Crippen LogP contribution in [0.2, 0.25) is 0 Å². The molecule has 4 heteroatoms. The molecule has 21 heavy (non-hydrogen) atoms. The van der Waals surface area contributed by atoms with Crippen molar-refractivity contribution in [3.05, 3.63) is 35.9 Å². The maximum Gasteiger partial charge on any atom is 0.234 e. The van der Waals surface area contributed by atoms with Crippen LogP contribution < -0.4 is 5.32 Å². The molecule has 1 aliphatic rings. The molecule has 0 bridgehead atoms. The summed E-state index contributed by atoms with van der Waals surface area (Å²) >= 11 is 0. The Kier molecular flexibility index (Phi) is 6.21. The van der Waals surface area contributed by atoms with Gasteiger partial charge in [0.1, 0.15) is 0 Å². The molecule has 116 valence electrons. The summed E-state index contributed by atoms with van der Waals surface area (Å²) in [6.45, 7) is 5.43. The Morgan fingerprint density at radius 3 is 2.90 bits per heavy atom. The van der Waals surface area contributed by atoms with Crippen molar-refractivity contribution in [2.24, 2.45) is 5.92 Å². The molecule has 2 rings (SSSR count). The van der Waals surface area contributed by atoms with E-state index in [0.29, 0.717) is 24.9 Å². The van der Waals surface area contributed by atoms with Gasteiger partial charge in [-0.3, -0.25) is 9.69 Å². The zero-order valence-corrected chi connectivity index (χ0v) is 12.8. The minimum absolute atomic E-state index is 0.0995. The van der Waals surface area contributed by atoms with Gasteiger partial charge in [-0.05, 0) is 36.8 Å². The van der Waals surface area contributed by atoms with Crippen LogP contribution >= 0.6 is 0 Å². The minimum atomic E-state index is 0.0995. The molecule has 1 saturated heterocycles. The number of nitrogens with zero attached hydrogens (tertiary/aromatic N) is 1. The highest BCUT2D eigenvalue weighted by atomic mass is 16.3. The molecule has 2 atom stereocenters. The fourth-order valence-electron chi connectivity index (χ4n) is 2.90. The molecule has 0 saturated carbocycles. The lowest BCUT2D eigenvalue weighted by molar-refractivity contribution is -0.122. The van der Waals surface area contributed by atoms with Crippen LogP contribution in [0.5, 0.6) is 0 Å². The molecule has 1 amide bonds. The molecule has 2 unspecified atom stereocenters. The number of carbonyl (C=O) groups is 1. The number of carbonyl (C=O) groups excluding carboxylic acids is 1. The van der Waals surface area contributed by atoms with Crippen LogP contribution in [0.4, 0.5) is 0 Å². The molecule has 1 aliphatic heterocycles. The Morgan fingerprint density at radius 2 is 2.19 bits per heavy atom. The molecule has 1 heterocycles. The third-order valence-corrected chi connectivity index (χ3v) is 4.25. The van der Waals surface area contributed by atoms with Gasteiger partial charge in [0.25, 0.3) is 0 Å². The maximum atomic E-state index is 12.0. The van der Waals surface area contributed by atoms with Gasteiger partial charge in [0.05, 0.1) is 6.54 Å². The second-order valence-corrected chi connectivity index (χ2v) is 6.02. The van der Waals surface area contributed by atoms with E-state index in [4.69, 9.17) is 5.11 Å². The van der Waals surface area contributed by atoms with Gasteiger partial charge in [-0.25, -0.2) is 0 Å². The lowest BCUT2D eigenvalue weighted by Gasteiger charge is -2.17. The zero-order chi connectivity index (χ0) is 15.1. The summed E-state index contributed by atoms with van der Waals surface area (Å²) in [7, 11) is 0. The van der Waals surface area contributed by atoms with Crippen molar-refractivity contribution in [3.8, 4) is 0 Å². The summed E-state index contributed by atoms with van der Waals surface area (Å²) in [6.07, 6.45) is 1.94. The summed E-state index contributed by atoms with van der Waals surface area (Å²) in [4.78, 5) is 14.2. The van der Waals surface area contributed by atoms with Crippen LogP contribution in [0.1, 0.15) is 31.2 Å². The number of nitrogens with one attached hydrogen (secondary N) is 1. The molecule has 0 aromatic heterocycles. The monoisotopic (exact) mass is 290 g/mol. The van der Waals surface area contributed by atoms with Gasteiger partial charge >= 0.3 is 0 Å². The quantitative estimate of drug-likeness (QED) is 0.802. The van der Waals surface area contributed by atoms with Gasteiger partial charge < -0.3 is 10.4 Å². The fourth-order valence-corrected chi connectivity index (χ4v) is 2.90. The molecule has 0 radical (unpaired) electrons. The number of hydrogen-bond donors (Lipinski definition) is 2. The second kappa shape index (κ2) is 8.15. The first kappa shape index (κ1) is 16.0. The molecule has 1 fully saturated rings. The Bertz CT molecular complexity index is 436. The molecule has 2 N–H and O–H groups in total. The molecular formula is C17H26N2O2. The highest BCUT2D eigenvalue weighted by Crippen LogP contribution is 2.18. The van der Waals surface area contributed by atoms with E-state index in [0.717, 1.165) is 25.9 Å². The number of amides is 1. The fraction of sp³-hybridized carbons (Fsp3) is 0.588. The first-order valence-electron chi connectivity index (χ1n) is 7.84. The summed E-state index contributed by atoms with van der Waals surface area (Å²) < 4.78 is 0. The molecule has 1 aromatic carbocycles. The van der Waals surface area contributed by atoms with Crippen molar-refractivity contribution < 1.29 is 9.90 Å². The summed E-state index contributed by atoms with van der Waals surface area (Å²) in [5.41, 5.74) is 1.25. The third-order valence-electron chi connectivity index (χ3n) is 4.25. The summed E-state index contributed by atoms with van der Waals surface area (Å²) in [5, 5.41) is 12.0. The zero-order valence-electron chi connectivity index (χ0n) is 12.8. The molecule has 1 aromatic rings. The first-order valence-corrected chi connectivity index (χ1v) is 7.84. The lowest BCUT2D eigenvalue weighted by atomic mass is 10.0. The van der Waals surface area contributed by atoms with Gasteiger partial charge in [-0.2, -0.15) is 0 Å². The van der Waals surface area contributed by atoms with E-state index in [9.17, 15) is 4.79 Å². The van der Waals surface area contributed by atoms with Crippen LogP contribution in [0.3, 0.4) is 0 Å². The smallest absolute Gasteiger partial charge is 0.234 e. The van der Waals surface area contributed by atoms with Gasteiger partial charge in [-0.1, -0.05) is 37.3 Å². The van der Waals surface area contributed by atoms with Crippen molar-refractivity contribution in [1.82, 2.24) is 10.2 Å². The minimum Gasteiger partial charge on any atom is -0.396 e. The summed E-state index contributed by atoms with van der Waals surface area (Å²) in [5.74, 6) is 0.976. The van der Waals surface area contributed by atoms with E-state index in [-0.39, 0.29) is 12.5 Å². The number of aliphatic hydroxyl groups is 1. The Balaban J connectivity index is 1.68. The van der Waals surface area contributed by atoms with Gasteiger partial charge in [0.15, 0.2) is 0 Å². The van der Waals surface area contributed by atoms with Crippen molar-refractivity contribution in [1.29, 1.82) is 0 Å². The van der Waals surface area contributed by atoms with E-state index < -0.39 is 0 Å². The van der Waals surface area contributed by atoms with Crippen molar-refractivity contribution in [3.63, 3.8) is 0 Å². The van der Waals surface area contributed by atoms with Crippen LogP contribution in [-0.2, 0) is 4.79 Å². The largest absolute Gasteiger partial charge is 0.396 e. The predicted octanol–water partition coefficient (Wildman–Crippen LogP) is 1.61. The SMILES string of the molecule is CC(CNC(=O)CN1CCC(CCO)C1)c1ccccc1. The van der Waals surface area contributed by atoms with E-state index >= 15 is 0 Å². The van der Waals surface area contributed by atoms with Crippen LogP contribution in [-0.4, -0.2) is 48.7 Å². The van der Waals surface area contributed by atoms with Crippen LogP contribution in [0, 0.1) is 5.92 Å². The maximum absolute atomic E-state index is 12.0. The Morgan fingerprint density at radius 1 is 1.43 bits per heavy atom. The average Bonchev–Trinajstić information content (AvgIpc) is 2.93. The van der Waals surface area contributed by atoms with E-state index in [1.165, 1.54) is 5.56 Å². The normalized spacial score (nSPS) is 20.4. The molecular weight excluding hydrogens is 264 g/mol. The van der Waals surface area contributed by atoms with Gasteiger partial charge in [-0.15, -0.1) is 0 Å². The van der Waals surface area contributed by atoms with Crippen molar-refractivity contribution in [2.75, 3.05) is 32.8 Å². The van der Waals surface area contributed by atoms with Gasteiger partial charge in [0, 0.05) is 19.7 Å². The third kappa shape index (κ3) is 5.14. The highest BCUT2D eigenvalue weighted by molar-refractivity contribution is 5.78. The van der Waals surface area contributed by atoms with Crippen molar-refractivity contribution in [2.45, 2.75) is 25.7 Å². The Hall–Kier alpha value is -1.39. The number of rotatable bonds is 7. The van der Waals surface area contributed by atoms with Crippen molar-refractivity contribution >= 4 is 5.91 Å². The molecule has 0 spiro atoms. The van der Waals surface area contributed by atoms with Gasteiger partial charge in [0.2, 0.25) is 5.91 Å². The first-order chi connectivity index (χ1) is 10.2. The number of benzene rings is 1. The average molecular weight is 290 g/mol. The van der Waals surface area contributed by atoms with Crippen LogP contribution in [0.15, 0.2) is 30.3 Å². The molecule has 0 aliphatic carbocycles. The standard InChI is InChI=1S/C17H26N2O2/c1-14(16-5-3-2-4-6-16)11-18-17(21)13-19-9-7-15(12-19)8-10-20/h2-6,14-15,20H,7-13H2,1H3,(H,18,21). The highest BCUT2D eigenvalue weighted by Gasteiger charge is 2.23. The number of likely N-dealkylation sites (tertiary alicyclic amines) is 1. The van der Waals surface area contributed by atoms with E-state index in [1.54, 1.807) is 0 Å². The predicted molar refractivity (Wildman–Crippen MR) is 84.1 cm³/mol.